The van der Waals surface area contributed by atoms with Gasteiger partial charge in [0.15, 0.2) is 0 Å². The molecule has 3 N–H and O–H groups in total. The third kappa shape index (κ3) is 4.85. The summed E-state index contributed by atoms with van der Waals surface area (Å²) in [6.07, 6.45) is 4.53. The van der Waals surface area contributed by atoms with E-state index in [0.717, 1.165) is 44.3 Å². The number of anilines is 2. The predicted octanol–water partition coefficient (Wildman–Crippen LogP) is 6.78. The average molecular weight is 529 g/mol. The van der Waals surface area contributed by atoms with Crippen LogP contribution in [-0.4, -0.2) is 29.4 Å². The van der Waals surface area contributed by atoms with Gasteiger partial charge in [-0.05, 0) is 54.7 Å². The zero-order valence-corrected chi connectivity index (χ0v) is 22.0. The average Bonchev–Trinajstić information content (AvgIpc) is 3.39. The molecule has 1 saturated heterocycles. The monoisotopic (exact) mass is 528 g/mol. The zero-order valence-electron chi connectivity index (χ0n) is 21.3. The lowest BCUT2D eigenvalue weighted by Crippen LogP contribution is -2.51. The Kier molecular flexibility index (Phi) is 6.98. The molecule has 0 bridgehead atoms. The van der Waals surface area contributed by atoms with E-state index in [2.05, 4.69) is 69.4 Å². The third-order valence-corrected chi connectivity index (χ3v) is 8.62. The van der Waals surface area contributed by atoms with Crippen molar-refractivity contribution in [3.05, 3.63) is 95.0 Å². The predicted molar refractivity (Wildman–Crippen MR) is 151 cm³/mol. The number of nitrogens with zero attached hydrogens (tertiary/aromatic N) is 1. The van der Waals surface area contributed by atoms with E-state index in [1.165, 1.54) is 11.1 Å². The highest BCUT2D eigenvalue weighted by Gasteiger charge is 2.48. The van der Waals surface area contributed by atoms with Crippen LogP contribution in [0.4, 0.5) is 16.2 Å². The number of carbonyl (C=O) groups is 2. The van der Waals surface area contributed by atoms with Gasteiger partial charge in [0.25, 0.3) is 0 Å². The number of para-hydroxylation sites is 1. The Hall–Kier alpha value is -3.51. The number of fused-ring (bicyclic) bond motifs is 3. The van der Waals surface area contributed by atoms with Gasteiger partial charge in [-0.25, -0.2) is 4.79 Å². The van der Waals surface area contributed by atoms with Gasteiger partial charge in [0, 0.05) is 34.9 Å². The van der Waals surface area contributed by atoms with Crippen LogP contribution in [0.15, 0.2) is 78.9 Å². The van der Waals surface area contributed by atoms with Crippen molar-refractivity contribution < 1.29 is 9.59 Å². The number of benzene rings is 3. The molecule has 3 amide bonds. The molecule has 6 nitrogen and oxygen atoms in total. The lowest BCUT2D eigenvalue weighted by molar-refractivity contribution is -0.138. The largest absolute Gasteiger partial charge is 0.378 e. The molecule has 2 heterocycles. The van der Waals surface area contributed by atoms with Gasteiger partial charge in [0.05, 0.1) is 18.0 Å². The highest BCUT2D eigenvalue weighted by atomic mass is 35.5. The molecule has 3 aliphatic rings. The molecule has 0 aromatic heterocycles. The first-order chi connectivity index (χ1) is 18.6. The molecule has 0 unspecified atom stereocenters. The minimum absolute atomic E-state index is 0.0213. The van der Waals surface area contributed by atoms with E-state index in [-0.39, 0.29) is 41.9 Å². The number of amides is 3. The number of carbonyl (C=O) groups excluding carboxylic acids is 2. The maximum absolute atomic E-state index is 14.2. The van der Waals surface area contributed by atoms with Crippen molar-refractivity contribution in [1.29, 1.82) is 0 Å². The van der Waals surface area contributed by atoms with Crippen molar-refractivity contribution in [3.63, 3.8) is 0 Å². The standard InChI is InChI=1S/C31H33ClN4O2/c32-21-11-8-12-22(19-21)33-31(38)35-27-16-7-5-14-24(27)30(37)36-18-17-25-28(20-9-2-1-3-10-20)34-26-15-6-4-13-23(26)29(25)36/h1-4,6,8-13,15,19,24-25,27-29,34H,5,7,14,16-18H2,(H2,33,35,38)/t24-,25-,27+,28-,29-/m0/s1. The Morgan fingerprint density at radius 2 is 1.68 bits per heavy atom. The lowest BCUT2D eigenvalue weighted by atomic mass is 9.79. The van der Waals surface area contributed by atoms with Crippen LogP contribution in [0, 0.1) is 11.8 Å². The summed E-state index contributed by atoms with van der Waals surface area (Å²) < 4.78 is 0. The summed E-state index contributed by atoms with van der Waals surface area (Å²) >= 11 is 6.07. The van der Waals surface area contributed by atoms with E-state index in [1.54, 1.807) is 24.3 Å². The summed E-state index contributed by atoms with van der Waals surface area (Å²) in [4.78, 5) is 29.2. The fourth-order valence-electron chi connectivity index (χ4n) is 6.68. The van der Waals surface area contributed by atoms with Gasteiger partial charge in [0.2, 0.25) is 5.91 Å². The number of rotatable bonds is 4. The van der Waals surface area contributed by atoms with Gasteiger partial charge in [-0.1, -0.05) is 79.0 Å². The second-order valence-electron chi connectivity index (χ2n) is 10.7. The Bertz CT molecular complexity index is 1320. The molecule has 2 fully saturated rings. The molecule has 3 aromatic rings. The molecule has 1 aliphatic carbocycles. The fourth-order valence-corrected chi connectivity index (χ4v) is 6.87. The summed E-state index contributed by atoms with van der Waals surface area (Å²) in [5, 5.41) is 10.3. The van der Waals surface area contributed by atoms with Crippen LogP contribution in [0.1, 0.15) is 55.3 Å². The summed E-state index contributed by atoms with van der Waals surface area (Å²) in [6.45, 7) is 0.728. The normalized spacial score (nSPS) is 26.0. The number of halogens is 1. The molecule has 5 atom stereocenters. The minimum atomic E-state index is -0.299. The Morgan fingerprint density at radius 3 is 2.53 bits per heavy atom. The topological polar surface area (TPSA) is 73.5 Å². The molecular formula is C31H33ClN4O2. The van der Waals surface area contributed by atoms with E-state index < -0.39 is 0 Å². The highest BCUT2D eigenvalue weighted by Crippen LogP contribution is 2.51. The van der Waals surface area contributed by atoms with Crippen LogP contribution in [-0.2, 0) is 4.79 Å². The van der Waals surface area contributed by atoms with Crippen molar-refractivity contribution in [1.82, 2.24) is 10.2 Å². The minimum Gasteiger partial charge on any atom is -0.378 e. The first-order valence-corrected chi connectivity index (χ1v) is 14.0. The summed E-state index contributed by atoms with van der Waals surface area (Å²) in [5.41, 5.74) is 4.17. The van der Waals surface area contributed by atoms with Crippen molar-refractivity contribution in [2.75, 3.05) is 17.2 Å². The van der Waals surface area contributed by atoms with Gasteiger partial charge in [-0.3, -0.25) is 4.79 Å². The number of likely N-dealkylation sites (tertiary alicyclic amines) is 1. The smallest absolute Gasteiger partial charge is 0.319 e. The Labute approximate surface area is 228 Å². The van der Waals surface area contributed by atoms with Crippen LogP contribution in [0.5, 0.6) is 0 Å². The Morgan fingerprint density at radius 1 is 0.895 bits per heavy atom. The summed E-state index contributed by atoms with van der Waals surface area (Å²) in [5.74, 6) is 0.219. The van der Waals surface area contributed by atoms with Crippen LogP contribution in [0.2, 0.25) is 5.02 Å². The van der Waals surface area contributed by atoms with Gasteiger partial charge in [-0.2, -0.15) is 0 Å². The highest BCUT2D eigenvalue weighted by molar-refractivity contribution is 6.30. The van der Waals surface area contributed by atoms with Gasteiger partial charge >= 0.3 is 6.03 Å². The second-order valence-corrected chi connectivity index (χ2v) is 11.1. The maximum atomic E-state index is 14.2. The van der Waals surface area contributed by atoms with Crippen molar-refractivity contribution in [2.45, 2.75) is 50.2 Å². The van der Waals surface area contributed by atoms with Crippen LogP contribution >= 0.6 is 11.6 Å². The first kappa shape index (κ1) is 24.8. The lowest BCUT2D eigenvalue weighted by Gasteiger charge is -2.42. The van der Waals surface area contributed by atoms with E-state index >= 15 is 0 Å². The third-order valence-electron chi connectivity index (χ3n) is 8.39. The maximum Gasteiger partial charge on any atom is 0.319 e. The fraction of sp³-hybridized carbons (Fsp3) is 0.355. The van der Waals surface area contributed by atoms with E-state index in [0.29, 0.717) is 10.7 Å². The summed E-state index contributed by atoms with van der Waals surface area (Å²) in [7, 11) is 0. The molecule has 6 rings (SSSR count). The molecule has 0 spiro atoms. The molecule has 7 heteroatoms. The summed E-state index contributed by atoms with van der Waals surface area (Å²) in [6, 6.07) is 25.7. The van der Waals surface area contributed by atoms with Crippen LogP contribution in [0.3, 0.4) is 0 Å². The SMILES string of the molecule is O=C(Nc1cccc(Cl)c1)N[C@@H]1CCCC[C@@H]1C(=O)N1CC[C@H]2[C@H](c3ccccc3)Nc3ccccc3[C@@H]21. The van der Waals surface area contributed by atoms with Crippen molar-refractivity contribution >= 4 is 34.9 Å². The molecule has 0 radical (unpaired) electrons. The van der Waals surface area contributed by atoms with Gasteiger partial charge in [0.1, 0.15) is 0 Å². The quantitative estimate of drug-likeness (QED) is 0.349. The van der Waals surface area contributed by atoms with E-state index in [9.17, 15) is 9.59 Å². The number of hydrogen-bond acceptors (Lipinski definition) is 3. The molecule has 196 valence electrons. The van der Waals surface area contributed by atoms with E-state index in [1.807, 2.05) is 6.07 Å². The molecule has 2 aliphatic heterocycles. The Balaban J connectivity index is 1.23. The van der Waals surface area contributed by atoms with Crippen molar-refractivity contribution in [2.24, 2.45) is 11.8 Å². The number of nitrogens with one attached hydrogen (secondary N) is 3. The number of urea groups is 1. The molecule has 3 aromatic carbocycles. The molecular weight excluding hydrogens is 496 g/mol. The molecule has 1 saturated carbocycles. The van der Waals surface area contributed by atoms with Crippen molar-refractivity contribution in [3.8, 4) is 0 Å². The van der Waals surface area contributed by atoms with Gasteiger partial charge in [-0.15, -0.1) is 0 Å². The first-order valence-electron chi connectivity index (χ1n) is 13.6. The van der Waals surface area contributed by atoms with E-state index in [4.69, 9.17) is 11.6 Å². The second kappa shape index (κ2) is 10.7. The molecule has 38 heavy (non-hydrogen) atoms. The van der Waals surface area contributed by atoms with Gasteiger partial charge < -0.3 is 20.9 Å². The van der Waals surface area contributed by atoms with Crippen LogP contribution < -0.4 is 16.0 Å². The zero-order chi connectivity index (χ0) is 26.1. The number of hydrogen-bond donors (Lipinski definition) is 3. The van der Waals surface area contributed by atoms with Crippen LogP contribution in [0.25, 0.3) is 0 Å².